The fourth-order valence-corrected chi connectivity index (χ4v) is 1.95. The fourth-order valence-electron chi connectivity index (χ4n) is 1.84. The average molecular weight is 423 g/mol. The number of rotatable bonds is 7. The van der Waals surface area contributed by atoms with E-state index < -0.39 is 0 Å². The lowest BCUT2D eigenvalue weighted by Crippen LogP contribution is -2.40. The molecule has 0 atom stereocenters. The van der Waals surface area contributed by atoms with E-state index in [1.165, 1.54) is 0 Å². The second-order valence-corrected chi connectivity index (χ2v) is 4.95. The highest BCUT2D eigenvalue weighted by Crippen LogP contribution is 2.05. The normalized spacial score (nSPS) is 10.7. The van der Waals surface area contributed by atoms with Gasteiger partial charge in [-0.25, -0.2) is 4.98 Å². The number of aromatic nitrogens is 1. The van der Waals surface area contributed by atoms with Crippen molar-refractivity contribution in [1.82, 2.24) is 15.2 Å². The number of hydrogen-bond acceptors (Lipinski definition) is 2. The first-order valence-corrected chi connectivity index (χ1v) is 7.18. The monoisotopic (exact) mass is 422 g/mol. The molecule has 21 heavy (non-hydrogen) atoms. The van der Waals surface area contributed by atoms with E-state index in [1.54, 1.807) is 13.2 Å². The van der Waals surface area contributed by atoms with Gasteiger partial charge in [0, 0.05) is 33.4 Å². The number of aliphatic imine (C=N–C) groups is 1. The van der Waals surface area contributed by atoms with Gasteiger partial charge in [0.1, 0.15) is 5.15 Å². The fraction of sp³-hybridized carbons (Fsp3) is 0.467. The van der Waals surface area contributed by atoms with E-state index in [9.17, 15) is 0 Å². The van der Waals surface area contributed by atoms with E-state index in [0.29, 0.717) is 5.15 Å². The molecule has 0 aliphatic heterocycles. The van der Waals surface area contributed by atoms with Gasteiger partial charge >= 0.3 is 0 Å². The van der Waals surface area contributed by atoms with Crippen LogP contribution in [-0.4, -0.2) is 43.0 Å². The van der Waals surface area contributed by atoms with Gasteiger partial charge in [-0.05, 0) is 30.9 Å². The Labute approximate surface area is 149 Å². The second kappa shape index (κ2) is 11.8. The lowest BCUT2D eigenvalue weighted by atomic mass is 10.2. The van der Waals surface area contributed by atoms with Crippen molar-refractivity contribution >= 4 is 41.5 Å². The summed E-state index contributed by atoms with van der Waals surface area (Å²) in [7, 11) is 3.85. The van der Waals surface area contributed by atoms with Crippen LogP contribution in [0.3, 0.4) is 0 Å². The lowest BCUT2D eigenvalue weighted by molar-refractivity contribution is 0.470. The molecule has 0 aliphatic carbocycles. The quantitative estimate of drug-likeness (QED) is 0.183. The van der Waals surface area contributed by atoms with E-state index in [4.69, 9.17) is 11.6 Å². The van der Waals surface area contributed by atoms with Crippen LogP contribution in [0.5, 0.6) is 0 Å². The molecule has 1 aromatic rings. The average Bonchev–Trinajstić information content (AvgIpc) is 2.45. The molecule has 0 saturated heterocycles. The van der Waals surface area contributed by atoms with Crippen molar-refractivity contribution in [3.05, 3.63) is 41.7 Å². The first kappa shape index (κ1) is 20.2. The van der Waals surface area contributed by atoms with Crippen molar-refractivity contribution in [1.29, 1.82) is 0 Å². The van der Waals surface area contributed by atoms with Crippen molar-refractivity contribution in [2.24, 2.45) is 4.99 Å². The number of nitrogens with zero attached hydrogens (tertiary/aromatic N) is 3. The van der Waals surface area contributed by atoms with Crippen molar-refractivity contribution in [2.45, 2.75) is 19.3 Å². The smallest absolute Gasteiger partial charge is 0.193 e. The van der Waals surface area contributed by atoms with Gasteiger partial charge in [-0.3, -0.25) is 4.99 Å². The Hall–Kier alpha value is -0.820. The van der Waals surface area contributed by atoms with Crippen molar-refractivity contribution < 1.29 is 0 Å². The number of hydrogen-bond donors (Lipinski definition) is 1. The molecule has 0 bridgehead atoms. The maximum absolute atomic E-state index is 5.76. The zero-order chi connectivity index (χ0) is 14.8. The molecule has 0 aromatic carbocycles. The third-order valence-electron chi connectivity index (χ3n) is 2.96. The highest BCUT2D eigenvalue weighted by atomic mass is 127. The Morgan fingerprint density at radius 2 is 2.29 bits per heavy atom. The third kappa shape index (κ3) is 8.26. The van der Waals surface area contributed by atoms with Gasteiger partial charge in [0.05, 0.1) is 0 Å². The Balaban J connectivity index is 0.00000400. The van der Waals surface area contributed by atoms with Gasteiger partial charge in [0.15, 0.2) is 5.96 Å². The lowest BCUT2D eigenvalue weighted by Gasteiger charge is -2.21. The van der Waals surface area contributed by atoms with Gasteiger partial charge < -0.3 is 10.2 Å². The molecule has 0 saturated carbocycles. The van der Waals surface area contributed by atoms with E-state index in [2.05, 4.69) is 26.8 Å². The zero-order valence-corrected chi connectivity index (χ0v) is 15.8. The largest absolute Gasteiger partial charge is 0.356 e. The van der Waals surface area contributed by atoms with Crippen LogP contribution in [0, 0.1) is 0 Å². The summed E-state index contributed by atoms with van der Waals surface area (Å²) >= 11 is 5.76. The van der Waals surface area contributed by atoms with Gasteiger partial charge in [0.2, 0.25) is 0 Å². The van der Waals surface area contributed by atoms with Crippen LogP contribution in [0.2, 0.25) is 5.15 Å². The van der Waals surface area contributed by atoms with Crippen LogP contribution in [-0.2, 0) is 6.42 Å². The number of guanidine groups is 1. The Morgan fingerprint density at radius 3 is 2.86 bits per heavy atom. The molecule has 0 amide bonds. The Kier molecular flexibility index (Phi) is 11.3. The summed E-state index contributed by atoms with van der Waals surface area (Å²) in [6, 6.07) is 3.81. The zero-order valence-electron chi connectivity index (χ0n) is 12.7. The van der Waals surface area contributed by atoms with Gasteiger partial charge in [-0.1, -0.05) is 23.7 Å². The second-order valence-electron chi connectivity index (χ2n) is 4.57. The maximum Gasteiger partial charge on any atom is 0.193 e. The summed E-state index contributed by atoms with van der Waals surface area (Å²) in [6.45, 7) is 5.52. The molecule has 0 radical (unpaired) electrons. The molecule has 0 fully saturated rings. The topological polar surface area (TPSA) is 40.5 Å². The van der Waals surface area contributed by atoms with Crippen molar-refractivity contribution in [2.75, 3.05) is 27.2 Å². The van der Waals surface area contributed by atoms with Crippen LogP contribution >= 0.6 is 35.6 Å². The van der Waals surface area contributed by atoms with Gasteiger partial charge in [-0.15, -0.1) is 30.6 Å². The summed E-state index contributed by atoms with van der Waals surface area (Å²) in [6.07, 6.45) is 6.75. The Bertz CT molecular complexity index is 434. The molecule has 1 rings (SSSR count). The highest BCUT2D eigenvalue weighted by molar-refractivity contribution is 14.0. The summed E-state index contributed by atoms with van der Waals surface area (Å²) in [4.78, 5) is 10.5. The molecule has 118 valence electrons. The molecule has 6 heteroatoms. The molecule has 1 aromatic heterocycles. The van der Waals surface area contributed by atoms with Gasteiger partial charge in [-0.2, -0.15) is 0 Å². The van der Waals surface area contributed by atoms with Crippen LogP contribution in [0.15, 0.2) is 36.0 Å². The Morgan fingerprint density at radius 1 is 1.52 bits per heavy atom. The predicted molar refractivity (Wildman–Crippen MR) is 102 cm³/mol. The minimum absolute atomic E-state index is 0. The van der Waals surface area contributed by atoms with Crippen molar-refractivity contribution in [3.63, 3.8) is 0 Å². The molecule has 0 aliphatic rings. The van der Waals surface area contributed by atoms with E-state index in [1.807, 2.05) is 25.3 Å². The first-order chi connectivity index (χ1) is 9.67. The third-order valence-corrected chi connectivity index (χ3v) is 3.18. The molecular weight excluding hydrogens is 399 g/mol. The van der Waals surface area contributed by atoms with E-state index >= 15 is 0 Å². The summed E-state index contributed by atoms with van der Waals surface area (Å²) < 4.78 is 0. The number of pyridine rings is 1. The maximum atomic E-state index is 5.76. The number of allylic oxidation sites excluding steroid dienone is 1. The molecule has 1 N–H and O–H groups in total. The predicted octanol–water partition coefficient (Wildman–Crippen LogP) is 3.37. The minimum Gasteiger partial charge on any atom is -0.356 e. The number of halogens is 2. The van der Waals surface area contributed by atoms with E-state index in [-0.39, 0.29) is 24.0 Å². The van der Waals surface area contributed by atoms with Crippen LogP contribution in [0.4, 0.5) is 0 Å². The van der Waals surface area contributed by atoms with E-state index in [0.717, 1.165) is 43.9 Å². The van der Waals surface area contributed by atoms with Crippen LogP contribution in [0.1, 0.15) is 18.4 Å². The first-order valence-electron chi connectivity index (χ1n) is 6.80. The molecule has 4 nitrogen and oxygen atoms in total. The standard InChI is InChI=1S/C15H23ClN4.HI/c1-4-5-6-11-20(3)15(17-2)18-10-9-13-7-8-14(16)19-12-13;/h4,7-8,12H,1,5-6,9-11H2,2-3H3,(H,17,18);1H. The van der Waals surface area contributed by atoms with Crippen LogP contribution < -0.4 is 5.32 Å². The van der Waals surface area contributed by atoms with Crippen LogP contribution in [0.25, 0.3) is 0 Å². The van der Waals surface area contributed by atoms with Crippen molar-refractivity contribution in [3.8, 4) is 0 Å². The molecule has 0 spiro atoms. The SMILES string of the molecule is C=CCCCN(C)C(=NC)NCCc1ccc(Cl)nc1.I. The molecular formula is C15H24ClIN4. The number of unbranched alkanes of at least 4 members (excludes halogenated alkanes) is 1. The minimum atomic E-state index is 0. The summed E-state index contributed by atoms with van der Waals surface area (Å²) in [5.41, 5.74) is 1.16. The molecule has 0 unspecified atom stereocenters. The summed E-state index contributed by atoms with van der Waals surface area (Å²) in [5, 5.41) is 3.88. The molecule has 1 heterocycles. The van der Waals surface area contributed by atoms with Gasteiger partial charge in [0.25, 0.3) is 0 Å². The number of nitrogens with one attached hydrogen (secondary N) is 1. The highest BCUT2D eigenvalue weighted by Gasteiger charge is 2.04. The summed E-state index contributed by atoms with van der Waals surface area (Å²) in [5.74, 6) is 0.913.